The predicted molar refractivity (Wildman–Crippen MR) is 128 cm³/mol. The number of anilines is 1. The Morgan fingerprint density at radius 2 is 1.74 bits per heavy atom. The third-order valence-electron chi connectivity index (χ3n) is 5.09. The fraction of sp³-hybridized carbons (Fsp3) is 0.120. The molecule has 1 aromatic heterocycles. The molecular formula is C25H23ClN4O. The first-order chi connectivity index (χ1) is 15.0. The van der Waals surface area contributed by atoms with Crippen molar-refractivity contribution in [2.24, 2.45) is 5.10 Å². The third kappa shape index (κ3) is 4.78. The second-order valence-corrected chi connectivity index (χ2v) is 7.94. The number of carbonyl (C=O) groups excluding carboxylic acids is 1. The zero-order chi connectivity index (χ0) is 21.8. The molecule has 1 heterocycles. The monoisotopic (exact) mass is 430 g/mol. The molecule has 0 radical (unpaired) electrons. The molecule has 0 unspecified atom stereocenters. The molecule has 0 saturated carbocycles. The molecule has 1 N–H and O–H groups in total. The van der Waals surface area contributed by atoms with E-state index >= 15 is 0 Å². The number of carbonyl (C=O) groups is 1. The van der Waals surface area contributed by atoms with Crippen molar-refractivity contribution in [3.8, 4) is 0 Å². The normalized spacial score (nSPS) is 11.2. The summed E-state index contributed by atoms with van der Waals surface area (Å²) >= 11 is 5.99. The summed E-state index contributed by atoms with van der Waals surface area (Å²) in [6.07, 6.45) is 3.51. The van der Waals surface area contributed by atoms with Crippen molar-refractivity contribution < 1.29 is 4.79 Å². The van der Waals surface area contributed by atoms with Gasteiger partial charge < -0.3 is 9.47 Å². The third-order valence-corrected chi connectivity index (χ3v) is 5.34. The number of aromatic nitrogens is 1. The van der Waals surface area contributed by atoms with Gasteiger partial charge in [-0.05, 0) is 41.5 Å². The van der Waals surface area contributed by atoms with Gasteiger partial charge in [0.15, 0.2) is 0 Å². The Balaban J connectivity index is 1.53. The van der Waals surface area contributed by atoms with E-state index < -0.39 is 0 Å². The minimum absolute atomic E-state index is 0.243. The van der Waals surface area contributed by atoms with E-state index in [2.05, 4.69) is 15.1 Å². The van der Waals surface area contributed by atoms with Crippen molar-refractivity contribution in [2.75, 3.05) is 19.0 Å². The number of benzene rings is 3. The van der Waals surface area contributed by atoms with Gasteiger partial charge in [-0.2, -0.15) is 5.10 Å². The van der Waals surface area contributed by atoms with Crippen molar-refractivity contribution in [2.45, 2.75) is 6.54 Å². The van der Waals surface area contributed by atoms with Crippen LogP contribution in [0.15, 0.2) is 84.1 Å². The number of nitrogens with zero attached hydrogens (tertiary/aromatic N) is 3. The average Bonchev–Trinajstić information content (AvgIpc) is 3.14. The van der Waals surface area contributed by atoms with E-state index in [4.69, 9.17) is 11.6 Å². The zero-order valence-corrected chi connectivity index (χ0v) is 18.2. The van der Waals surface area contributed by atoms with Crippen LogP contribution >= 0.6 is 11.6 Å². The Morgan fingerprint density at radius 1 is 1.03 bits per heavy atom. The van der Waals surface area contributed by atoms with E-state index in [9.17, 15) is 4.79 Å². The molecule has 0 bridgehead atoms. The molecule has 31 heavy (non-hydrogen) atoms. The quantitative estimate of drug-likeness (QED) is 0.339. The maximum atomic E-state index is 12.8. The molecule has 0 aliphatic heterocycles. The fourth-order valence-corrected chi connectivity index (χ4v) is 3.56. The van der Waals surface area contributed by atoms with Gasteiger partial charge in [0.05, 0.1) is 11.8 Å². The van der Waals surface area contributed by atoms with Crippen LogP contribution in [0.5, 0.6) is 0 Å². The molecule has 0 spiro atoms. The van der Waals surface area contributed by atoms with Crippen molar-refractivity contribution in [3.05, 3.63) is 101 Å². The summed E-state index contributed by atoms with van der Waals surface area (Å²) in [6, 6.07) is 23.5. The number of hydrazone groups is 1. The van der Waals surface area contributed by atoms with E-state index in [-0.39, 0.29) is 5.91 Å². The first kappa shape index (κ1) is 20.7. The molecule has 0 atom stereocenters. The lowest BCUT2D eigenvalue weighted by Crippen LogP contribution is -2.17. The maximum Gasteiger partial charge on any atom is 0.273 e. The first-order valence-electron chi connectivity index (χ1n) is 9.94. The lowest BCUT2D eigenvalue weighted by atomic mass is 10.1. The lowest BCUT2D eigenvalue weighted by Gasteiger charge is -2.11. The molecule has 0 aliphatic rings. The number of halogens is 1. The second kappa shape index (κ2) is 9.06. The average molecular weight is 431 g/mol. The Kier molecular flexibility index (Phi) is 6.05. The molecule has 0 fully saturated rings. The van der Waals surface area contributed by atoms with Crippen LogP contribution in [0.2, 0.25) is 5.02 Å². The Bertz CT molecular complexity index is 1220. The lowest BCUT2D eigenvalue weighted by molar-refractivity contribution is 0.0956. The fourth-order valence-electron chi connectivity index (χ4n) is 3.43. The van der Waals surface area contributed by atoms with E-state index in [0.717, 1.165) is 27.7 Å². The SMILES string of the molecule is CN(C)c1ccc(/C=N/NC(=O)c2cn(Cc3ccc(Cl)cc3)c3ccccc23)cc1. The number of fused-ring (bicyclic) bond motifs is 1. The van der Waals surface area contributed by atoms with Gasteiger partial charge in [-0.15, -0.1) is 0 Å². The van der Waals surface area contributed by atoms with Gasteiger partial charge in [0, 0.05) is 48.4 Å². The highest BCUT2D eigenvalue weighted by atomic mass is 35.5. The van der Waals surface area contributed by atoms with Gasteiger partial charge in [0.1, 0.15) is 0 Å². The summed E-state index contributed by atoms with van der Waals surface area (Å²) in [5, 5.41) is 5.73. The summed E-state index contributed by atoms with van der Waals surface area (Å²) in [7, 11) is 3.99. The van der Waals surface area contributed by atoms with Crippen LogP contribution in [0, 0.1) is 0 Å². The van der Waals surface area contributed by atoms with Gasteiger partial charge in [-0.3, -0.25) is 4.79 Å². The molecule has 6 heteroatoms. The van der Waals surface area contributed by atoms with Gasteiger partial charge in [-0.1, -0.05) is 54.1 Å². The maximum absolute atomic E-state index is 12.8. The van der Waals surface area contributed by atoms with Crippen LogP contribution in [-0.4, -0.2) is 30.8 Å². The highest BCUT2D eigenvalue weighted by Gasteiger charge is 2.14. The van der Waals surface area contributed by atoms with E-state index in [1.54, 1.807) is 6.21 Å². The molecule has 0 aliphatic carbocycles. The Labute approximate surface area is 186 Å². The molecule has 156 valence electrons. The Hall–Kier alpha value is -3.57. The topological polar surface area (TPSA) is 49.6 Å². The van der Waals surface area contributed by atoms with Crippen LogP contribution in [0.25, 0.3) is 10.9 Å². The van der Waals surface area contributed by atoms with Crippen molar-refractivity contribution in [1.29, 1.82) is 0 Å². The molecule has 1 amide bonds. The van der Waals surface area contributed by atoms with Crippen molar-refractivity contribution in [1.82, 2.24) is 9.99 Å². The number of rotatable bonds is 6. The van der Waals surface area contributed by atoms with Crippen LogP contribution in [-0.2, 0) is 6.54 Å². The van der Waals surface area contributed by atoms with E-state index in [1.807, 2.05) is 98.0 Å². The van der Waals surface area contributed by atoms with Gasteiger partial charge in [0.25, 0.3) is 5.91 Å². The summed E-state index contributed by atoms with van der Waals surface area (Å²) in [4.78, 5) is 14.9. The smallest absolute Gasteiger partial charge is 0.273 e. The second-order valence-electron chi connectivity index (χ2n) is 7.50. The number of hydrogen-bond donors (Lipinski definition) is 1. The minimum atomic E-state index is -0.243. The Morgan fingerprint density at radius 3 is 2.45 bits per heavy atom. The molecule has 0 saturated heterocycles. The van der Waals surface area contributed by atoms with Crippen LogP contribution in [0.1, 0.15) is 21.5 Å². The van der Waals surface area contributed by atoms with Crippen LogP contribution < -0.4 is 10.3 Å². The zero-order valence-electron chi connectivity index (χ0n) is 17.4. The largest absolute Gasteiger partial charge is 0.378 e. The highest BCUT2D eigenvalue weighted by molar-refractivity contribution is 6.30. The number of nitrogens with one attached hydrogen (secondary N) is 1. The predicted octanol–water partition coefficient (Wildman–Crippen LogP) is 5.17. The van der Waals surface area contributed by atoms with Crippen LogP contribution in [0.4, 0.5) is 5.69 Å². The molecular weight excluding hydrogens is 408 g/mol. The van der Waals surface area contributed by atoms with Crippen LogP contribution in [0.3, 0.4) is 0 Å². The summed E-state index contributed by atoms with van der Waals surface area (Å²) in [5.41, 5.74) is 7.36. The highest BCUT2D eigenvalue weighted by Crippen LogP contribution is 2.23. The molecule has 4 rings (SSSR count). The van der Waals surface area contributed by atoms with Gasteiger partial charge >= 0.3 is 0 Å². The standard InChI is InChI=1S/C25H23ClN4O/c1-29(2)21-13-9-18(10-14-21)15-27-28-25(31)23-17-30(24-6-4-3-5-22(23)24)16-19-7-11-20(26)12-8-19/h3-15,17H,16H2,1-2H3,(H,28,31)/b27-15+. The minimum Gasteiger partial charge on any atom is -0.378 e. The van der Waals surface area contributed by atoms with E-state index in [1.165, 1.54) is 0 Å². The van der Waals surface area contributed by atoms with Crippen molar-refractivity contribution >= 4 is 40.3 Å². The van der Waals surface area contributed by atoms with Crippen molar-refractivity contribution in [3.63, 3.8) is 0 Å². The molecule has 3 aromatic carbocycles. The number of hydrogen-bond acceptors (Lipinski definition) is 3. The summed E-state index contributed by atoms with van der Waals surface area (Å²) in [6.45, 7) is 0.645. The summed E-state index contributed by atoms with van der Waals surface area (Å²) < 4.78 is 2.07. The van der Waals surface area contributed by atoms with E-state index in [0.29, 0.717) is 17.1 Å². The van der Waals surface area contributed by atoms with Gasteiger partial charge in [-0.25, -0.2) is 5.43 Å². The number of para-hydroxylation sites is 1. The molecule has 5 nitrogen and oxygen atoms in total. The number of amides is 1. The first-order valence-corrected chi connectivity index (χ1v) is 10.3. The summed E-state index contributed by atoms with van der Waals surface area (Å²) in [5.74, 6) is -0.243. The molecule has 4 aromatic rings. The van der Waals surface area contributed by atoms with Gasteiger partial charge in [0.2, 0.25) is 0 Å².